The fourth-order valence-electron chi connectivity index (χ4n) is 0.932. The Balaban J connectivity index is 2.53. The number of hydrogen-bond acceptors (Lipinski definition) is 1. The van der Waals surface area contributed by atoms with Gasteiger partial charge in [-0.15, -0.1) is 5.73 Å². The van der Waals surface area contributed by atoms with Crippen molar-refractivity contribution in [1.82, 2.24) is 0 Å². The van der Waals surface area contributed by atoms with E-state index in [1.54, 1.807) is 6.08 Å². The molecule has 1 rings (SSSR count). The Bertz CT molecular complexity index is 334. The van der Waals surface area contributed by atoms with E-state index < -0.39 is 5.91 Å². The van der Waals surface area contributed by atoms with Crippen molar-refractivity contribution < 1.29 is 4.79 Å². The summed E-state index contributed by atoms with van der Waals surface area (Å²) < 4.78 is 0. The first-order valence-electron chi connectivity index (χ1n) is 4.03. The standard InChI is InChI=1S/C11H11NO/c12-11(13)9-5-4-8-10-6-2-1-3-7-10/h1-4,6-7,9H,8H2,(H2,12,13). The Labute approximate surface area is 77.4 Å². The molecule has 66 valence electrons. The molecule has 0 unspecified atom stereocenters. The first kappa shape index (κ1) is 9.30. The fourth-order valence-corrected chi connectivity index (χ4v) is 0.932. The van der Waals surface area contributed by atoms with Crippen LogP contribution in [0.15, 0.2) is 48.2 Å². The van der Waals surface area contributed by atoms with E-state index in [4.69, 9.17) is 5.73 Å². The number of hydrogen-bond donors (Lipinski definition) is 1. The van der Waals surface area contributed by atoms with Gasteiger partial charge in [-0.1, -0.05) is 30.3 Å². The summed E-state index contributed by atoms with van der Waals surface area (Å²) in [6.07, 6.45) is 3.77. The van der Waals surface area contributed by atoms with E-state index in [1.807, 2.05) is 30.3 Å². The lowest BCUT2D eigenvalue weighted by Gasteiger charge is -1.91. The van der Waals surface area contributed by atoms with Gasteiger partial charge in [0.1, 0.15) is 0 Å². The monoisotopic (exact) mass is 173 g/mol. The minimum Gasteiger partial charge on any atom is -0.366 e. The van der Waals surface area contributed by atoms with E-state index in [2.05, 4.69) is 5.73 Å². The van der Waals surface area contributed by atoms with Crippen molar-refractivity contribution in [3.05, 3.63) is 53.8 Å². The van der Waals surface area contributed by atoms with Crippen LogP contribution in [-0.2, 0) is 11.2 Å². The highest BCUT2D eigenvalue weighted by Gasteiger charge is 1.84. The smallest absolute Gasteiger partial charge is 0.249 e. The van der Waals surface area contributed by atoms with Gasteiger partial charge in [-0.25, -0.2) is 0 Å². The maximum Gasteiger partial charge on any atom is 0.249 e. The predicted molar refractivity (Wildman–Crippen MR) is 52.0 cm³/mol. The number of benzene rings is 1. The zero-order chi connectivity index (χ0) is 9.52. The maximum absolute atomic E-state index is 10.3. The topological polar surface area (TPSA) is 43.1 Å². The third-order valence-corrected chi connectivity index (χ3v) is 1.52. The van der Waals surface area contributed by atoms with E-state index in [0.717, 1.165) is 6.42 Å². The lowest BCUT2D eigenvalue weighted by Crippen LogP contribution is -2.04. The molecule has 1 aromatic rings. The molecule has 1 aromatic carbocycles. The summed E-state index contributed by atoms with van der Waals surface area (Å²) in [5.41, 5.74) is 8.79. The zero-order valence-electron chi connectivity index (χ0n) is 7.23. The molecule has 13 heavy (non-hydrogen) atoms. The van der Waals surface area contributed by atoms with Crippen LogP contribution in [0.3, 0.4) is 0 Å². The average Bonchev–Trinajstić information content (AvgIpc) is 2.14. The van der Waals surface area contributed by atoms with Crippen molar-refractivity contribution in [3.8, 4) is 0 Å². The molecule has 2 nitrogen and oxygen atoms in total. The molecule has 0 spiro atoms. The van der Waals surface area contributed by atoms with Crippen LogP contribution in [0.25, 0.3) is 0 Å². The van der Waals surface area contributed by atoms with Crippen molar-refractivity contribution in [1.29, 1.82) is 0 Å². The van der Waals surface area contributed by atoms with Gasteiger partial charge in [0.15, 0.2) is 0 Å². The van der Waals surface area contributed by atoms with Crippen molar-refractivity contribution in [2.24, 2.45) is 5.73 Å². The molecule has 0 atom stereocenters. The summed E-state index contributed by atoms with van der Waals surface area (Å²) in [5.74, 6) is -0.468. The van der Waals surface area contributed by atoms with Gasteiger partial charge in [-0.2, -0.15) is 0 Å². The van der Waals surface area contributed by atoms with E-state index in [-0.39, 0.29) is 0 Å². The Hall–Kier alpha value is -1.79. The number of nitrogens with two attached hydrogens (primary N) is 1. The third-order valence-electron chi connectivity index (χ3n) is 1.52. The molecular formula is C11H11NO. The van der Waals surface area contributed by atoms with Gasteiger partial charge < -0.3 is 5.73 Å². The second-order valence-corrected chi connectivity index (χ2v) is 2.61. The molecule has 0 saturated carbocycles. The Morgan fingerprint density at radius 3 is 2.69 bits per heavy atom. The average molecular weight is 173 g/mol. The minimum atomic E-state index is -0.468. The Kier molecular flexibility index (Phi) is 3.55. The van der Waals surface area contributed by atoms with Gasteiger partial charge >= 0.3 is 0 Å². The normalized spacial score (nSPS) is 8.62. The Morgan fingerprint density at radius 2 is 2.08 bits per heavy atom. The molecule has 1 amide bonds. The van der Waals surface area contributed by atoms with Gasteiger partial charge in [0, 0.05) is 6.08 Å². The lowest BCUT2D eigenvalue weighted by molar-refractivity contribution is -0.113. The van der Waals surface area contributed by atoms with Crippen LogP contribution in [0, 0.1) is 0 Å². The van der Waals surface area contributed by atoms with Crippen LogP contribution in [0.4, 0.5) is 0 Å². The number of amides is 1. The van der Waals surface area contributed by atoms with Gasteiger partial charge in [0.05, 0.1) is 0 Å². The van der Waals surface area contributed by atoms with Crippen molar-refractivity contribution in [3.63, 3.8) is 0 Å². The summed E-state index contributed by atoms with van der Waals surface area (Å²) in [5, 5.41) is 0. The number of carbonyl (C=O) groups excluding carboxylic acids is 1. The maximum atomic E-state index is 10.3. The minimum absolute atomic E-state index is 0.468. The summed E-state index contributed by atoms with van der Waals surface area (Å²) >= 11 is 0. The first-order chi connectivity index (χ1) is 6.29. The van der Waals surface area contributed by atoms with Gasteiger partial charge in [-0.05, 0) is 18.1 Å². The van der Waals surface area contributed by atoms with Crippen LogP contribution in [-0.4, -0.2) is 5.91 Å². The predicted octanol–water partition coefficient (Wildman–Crippen LogP) is 1.43. The Morgan fingerprint density at radius 1 is 1.38 bits per heavy atom. The van der Waals surface area contributed by atoms with E-state index in [1.165, 1.54) is 11.6 Å². The number of rotatable bonds is 3. The third kappa shape index (κ3) is 3.94. The summed E-state index contributed by atoms with van der Waals surface area (Å²) in [6, 6.07) is 9.94. The largest absolute Gasteiger partial charge is 0.366 e. The summed E-state index contributed by atoms with van der Waals surface area (Å²) in [7, 11) is 0. The van der Waals surface area contributed by atoms with E-state index >= 15 is 0 Å². The lowest BCUT2D eigenvalue weighted by atomic mass is 10.1. The molecule has 2 heteroatoms. The number of carbonyl (C=O) groups is 1. The molecular weight excluding hydrogens is 162 g/mol. The van der Waals surface area contributed by atoms with Gasteiger partial charge in [-0.3, -0.25) is 4.79 Å². The molecule has 2 N–H and O–H groups in total. The summed E-state index contributed by atoms with van der Waals surface area (Å²) in [4.78, 5) is 10.3. The highest BCUT2D eigenvalue weighted by molar-refractivity contribution is 5.85. The second-order valence-electron chi connectivity index (χ2n) is 2.61. The molecule has 0 radical (unpaired) electrons. The molecule has 0 aliphatic carbocycles. The molecule has 0 aromatic heterocycles. The van der Waals surface area contributed by atoms with Crippen molar-refractivity contribution in [2.75, 3.05) is 0 Å². The van der Waals surface area contributed by atoms with Crippen molar-refractivity contribution >= 4 is 5.91 Å². The van der Waals surface area contributed by atoms with Crippen LogP contribution in [0.1, 0.15) is 5.56 Å². The second kappa shape index (κ2) is 4.96. The molecule has 0 heterocycles. The van der Waals surface area contributed by atoms with Crippen LogP contribution >= 0.6 is 0 Å². The van der Waals surface area contributed by atoms with Crippen molar-refractivity contribution in [2.45, 2.75) is 6.42 Å². The molecule has 0 saturated heterocycles. The number of primary amides is 1. The first-order valence-corrected chi connectivity index (χ1v) is 4.03. The van der Waals surface area contributed by atoms with Crippen LogP contribution < -0.4 is 5.73 Å². The van der Waals surface area contributed by atoms with E-state index in [0.29, 0.717) is 0 Å². The van der Waals surface area contributed by atoms with Gasteiger partial charge in [0.2, 0.25) is 5.91 Å². The zero-order valence-corrected chi connectivity index (χ0v) is 7.23. The SMILES string of the molecule is NC(=O)C=C=CCc1ccccc1. The van der Waals surface area contributed by atoms with Crippen LogP contribution in [0.5, 0.6) is 0 Å². The molecule has 0 aliphatic heterocycles. The fraction of sp³-hybridized carbons (Fsp3) is 0.0909. The molecule has 0 aliphatic rings. The highest BCUT2D eigenvalue weighted by Crippen LogP contribution is 1.98. The quantitative estimate of drug-likeness (QED) is 0.545. The highest BCUT2D eigenvalue weighted by atomic mass is 16.1. The molecule has 0 fully saturated rings. The van der Waals surface area contributed by atoms with Gasteiger partial charge in [0.25, 0.3) is 0 Å². The van der Waals surface area contributed by atoms with Crippen LogP contribution in [0.2, 0.25) is 0 Å². The summed E-state index contributed by atoms with van der Waals surface area (Å²) in [6.45, 7) is 0. The molecule has 0 bridgehead atoms. The van der Waals surface area contributed by atoms with E-state index in [9.17, 15) is 4.79 Å².